The highest BCUT2D eigenvalue weighted by Crippen LogP contribution is 2.16. The number of amides is 1. The highest BCUT2D eigenvalue weighted by atomic mass is 32.2. The molecule has 0 fully saturated rings. The van der Waals surface area contributed by atoms with Crippen molar-refractivity contribution in [2.24, 2.45) is 5.14 Å². The summed E-state index contributed by atoms with van der Waals surface area (Å²) in [5, 5.41) is 8.60. The fraction of sp³-hybridized carbons (Fsp3) is 0.250. The molecular weight excluding hydrogens is 316 g/mol. The van der Waals surface area contributed by atoms with E-state index in [0.29, 0.717) is 5.56 Å². The quantitative estimate of drug-likeness (QED) is 0.786. The van der Waals surface area contributed by atoms with Crippen molar-refractivity contribution in [1.29, 1.82) is 0 Å². The van der Waals surface area contributed by atoms with Crippen molar-refractivity contribution in [2.45, 2.75) is 17.9 Å². The van der Waals surface area contributed by atoms with Crippen LogP contribution in [0.1, 0.15) is 15.9 Å². The van der Waals surface area contributed by atoms with Crippen LogP contribution in [-0.4, -0.2) is 34.5 Å². The highest BCUT2D eigenvalue weighted by molar-refractivity contribution is 7.94. The number of sulfonamides is 1. The summed E-state index contributed by atoms with van der Waals surface area (Å²) >= 11 is 0. The first-order chi connectivity index (χ1) is 9.58. The van der Waals surface area contributed by atoms with E-state index >= 15 is 0 Å². The summed E-state index contributed by atoms with van der Waals surface area (Å²) in [6.45, 7) is 1.64. The smallest absolute Gasteiger partial charge is 0.252 e. The third kappa shape index (κ3) is 3.69. The summed E-state index contributed by atoms with van der Waals surface area (Å²) in [5.41, 5.74) is 0.698. The van der Waals surface area contributed by atoms with Gasteiger partial charge in [-0.05, 0) is 30.7 Å². The van der Waals surface area contributed by atoms with E-state index in [9.17, 15) is 21.6 Å². The maximum atomic E-state index is 12.1. The largest absolute Gasteiger partial charge is 0.345 e. The lowest BCUT2D eigenvalue weighted by Gasteiger charge is -2.12. The zero-order valence-corrected chi connectivity index (χ0v) is 12.7. The number of hydrogen-bond donors (Lipinski definition) is 2. The molecule has 0 aromatic heterocycles. The topological polar surface area (TPSA) is 123 Å². The van der Waals surface area contributed by atoms with E-state index in [1.165, 1.54) is 24.3 Å². The first-order valence-electron chi connectivity index (χ1n) is 5.94. The second kappa shape index (κ2) is 5.24. The van der Waals surface area contributed by atoms with Crippen LogP contribution in [-0.2, 0) is 19.9 Å². The minimum absolute atomic E-state index is 0.138. The number of nitrogens with one attached hydrogen (secondary N) is 1. The predicted molar refractivity (Wildman–Crippen MR) is 76.7 cm³/mol. The van der Waals surface area contributed by atoms with Crippen LogP contribution in [0.3, 0.4) is 0 Å². The second-order valence-corrected chi connectivity index (χ2v) is 8.25. The molecule has 1 aliphatic rings. The molecule has 0 spiro atoms. The van der Waals surface area contributed by atoms with Gasteiger partial charge < -0.3 is 5.32 Å². The lowest BCUT2D eigenvalue weighted by Crippen LogP contribution is -2.36. The van der Waals surface area contributed by atoms with E-state index in [1.54, 1.807) is 6.92 Å². The van der Waals surface area contributed by atoms with Gasteiger partial charge in [-0.25, -0.2) is 22.0 Å². The van der Waals surface area contributed by atoms with Crippen molar-refractivity contribution in [2.75, 3.05) is 5.75 Å². The van der Waals surface area contributed by atoms with Crippen LogP contribution in [0.15, 0.2) is 34.6 Å². The number of carbonyl (C=O) groups excluding carboxylic acids is 1. The number of rotatable bonds is 3. The molecule has 0 radical (unpaired) electrons. The zero-order chi connectivity index (χ0) is 15.8. The van der Waals surface area contributed by atoms with E-state index in [1.807, 2.05) is 0 Å². The SMILES string of the molecule is Cc1ccc(S(N)(=O)=O)cc1C(=O)NC1C=CS(=O)(=O)C1. The van der Waals surface area contributed by atoms with Crippen molar-refractivity contribution in [3.63, 3.8) is 0 Å². The Labute approximate surface area is 122 Å². The van der Waals surface area contributed by atoms with Crippen LogP contribution < -0.4 is 10.5 Å². The molecule has 1 heterocycles. The van der Waals surface area contributed by atoms with Gasteiger partial charge in [0.1, 0.15) is 0 Å². The first-order valence-corrected chi connectivity index (χ1v) is 9.20. The Morgan fingerprint density at radius 1 is 1.38 bits per heavy atom. The Bertz CT molecular complexity index is 825. The van der Waals surface area contributed by atoms with Crippen LogP contribution in [0, 0.1) is 6.92 Å². The second-order valence-electron chi connectivity index (χ2n) is 4.76. The van der Waals surface area contributed by atoms with E-state index in [-0.39, 0.29) is 16.2 Å². The van der Waals surface area contributed by atoms with Crippen molar-refractivity contribution >= 4 is 25.8 Å². The summed E-state index contributed by atoms with van der Waals surface area (Å²) in [7, 11) is -7.19. The van der Waals surface area contributed by atoms with Gasteiger partial charge in [-0.3, -0.25) is 4.79 Å². The van der Waals surface area contributed by atoms with Crippen LogP contribution in [0.5, 0.6) is 0 Å². The van der Waals surface area contributed by atoms with E-state index in [2.05, 4.69) is 5.32 Å². The third-order valence-electron chi connectivity index (χ3n) is 3.03. The van der Waals surface area contributed by atoms with Gasteiger partial charge >= 0.3 is 0 Å². The summed E-state index contributed by atoms with van der Waals surface area (Å²) in [4.78, 5) is 12.0. The van der Waals surface area contributed by atoms with E-state index in [4.69, 9.17) is 5.14 Å². The van der Waals surface area contributed by atoms with Gasteiger partial charge in [0.2, 0.25) is 10.0 Å². The highest BCUT2D eigenvalue weighted by Gasteiger charge is 2.24. The number of carbonyl (C=O) groups is 1. The van der Waals surface area contributed by atoms with Gasteiger partial charge in [-0.15, -0.1) is 0 Å². The Kier molecular flexibility index (Phi) is 3.91. The fourth-order valence-corrected chi connectivity index (χ4v) is 3.71. The molecule has 1 aromatic rings. The maximum Gasteiger partial charge on any atom is 0.252 e. The molecular formula is C12H14N2O5S2. The summed E-state index contributed by atoms with van der Waals surface area (Å²) in [5.74, 6) is -0.753. The summed E-state index contributed by atoms with van der Waals surface area (Å²) < 4.78 is 45.2. The van der Waals surface area contributed by atoms with Crippen LogP contribution >= 0.6 is 0 Å². The Morgan fingerprint density at radius 3 is 2.57 bits per heavy atom. The third-order valence-corrected chi connectivity index (χ3v) is 5.34. The van der Waals surface area contributed by atoms with Gasteiger partial charge in [0.15, 0.2) is 9.84 Å². The summed E-state index contributed by atoms with van der Waals surface area (Å²) in [6, 6.07) is 3.32. The van der Waals surface area contributed by atoms with Crippen LogP contribution in [0.2, 0.25) is 0 Å². The molecule has 3 N–H and O–H groups in total. The Hall–Kier alpha value is -1.71. The number of aryl methyl sites for hydroxylation is 1. The number of sulfone groups is 1. The maximum absolute atomic E-state index is 12.1. The molecule has 2 rings (SSSR count). The number of hydrogen-bond acceptors (Lipinski definition) is 5. The van der Waals surface area contributed by atoms with E-state index in [0.717, 1.165) is 5.41 Å². The van der Waals surface area contributed by atoms with Crippen LogP contribution in [0.4, 0.5) is 0 Å². The minimum atomic E-state index is -3.91. The standard InChI is InChI=1S/C12H14N2O5S2/c1-8-2-3-10(21(13,18)19)6-11(8)12(15)14-9-4-5-20(16,17)7-9/h2-6,9H,7H2,1H3,(H,14,15)(H2,13,18,19). The number of benzene rings is 1. The Morgan fingerprint density at radius 2 is 2.05 bits per heavy atom. The fourth-order valence-electron chi connectivity index (χ4n) is 1.93. The molecule has 0 saturated carbocycles. The normalized spacial score (nSPS) is 20.4. The monoisotopic (exact) mass is 330 g/mol. The van der Waals surface area contributed by atoms with Gasteiger partial charge in [-0.1, -0.05) is 6.07 Å². The van der Waals surface area contributed by atoms with Gasteiger partial charge in [0.05, 0.1) is 16.7 Å². The predicted octanol–water partition coefficient (Wildman–Crippen LogP) is -0.317. The average molecular weight is 330 g/mol. The molecule has 1 aromatic carbocycles. The first kappa shape index (κ1) is 15.7. The number of nitrogens with two attached hydrogens (primary N) is 1. The Balaban J connectivity index is 2.26. The minimum Gasteiger partial charge on any atom is -0.345 e. The molecule has 1 atom stereocenters. The van der Waals surface area contributed by atoms with Crippen LogP contribution in [0.25, 0.3) is 0 Å². The van der Waals surface area contributed by atoms with Gasteiger partial charge in [-0.2, -0.15) is 0 Å². The van der Waals surface area contributed by atoms with Crippen molar-refractivity contribution in [3.8, 4) is 0 Å². The molecule has 9 heteroatoms. The van der Waals surface area contributed by atoms with Crippen molar-refractivity contribution in [3.05, 3.63) is 40.8 Å². The molecule has 0 saturated heterocycles. The molecule has 1 unspecified atom stereocenters. The zero-order valence-electron chi connectivity index (χ0n) is 11.1. The lowest BCUT2D eigenvalue weighted by atomic mass is 10.1. The van der Waals surface area contributed by atoms with Crippen molar-refractivity contribution in [1.82, 2.24) is 5.32 Å². The molecule has 1 aliphatic heterocycles. The average Bonchev–Trinajstić information content (AvgIpc) is 2.67. The molecule has 7 nitrogen and oxygen atoms in total. The molecule has 114 valence electrons. The molecule has 1 amide bonds. The molecule has 21 heavy (non-hydrogen) atoms. The molecule has 0 aliphatic carbocycles. The molecule has 0 bridgehead atoms. The van der Waals surface area contributed by atoms with E-state index < -0.39 is 31.8 Å². The van der Waals surface area contributed by atoms with Gasteiger partial charge in [0, 0.05) is 11.0 Å². The van der Waals surface area contributed by atoms with Gasteiger partial charge in [0.25, 0.3) is 5.91 Å². The van der Waals surface area contributed by atoms with Crippen molar-refractivity contribution < 1.29 is 21.6 Å². The number of primary sulfonamides is 1. The summed E-state index contributed by atoms with van der Waals surface area (Å²) in [6.07, 6.45) is 1.38. The lowest BCUT2D eigenvalue weighted by molar-refractivity contribution is 0.0947.